The molecule has 0 saturated heterocycles. The number of nitrogens with zero attached hydrogens (tertiary/aromatic N) is 4. The molecule has 0 aliphatic carbocycles. The number of aliphatic imine (C=N–C) groups is 1. The minimum atomic E-state index is 0. The van der Waals surface area contributed by atoms with E-state index in [1.54, 1.807) is 0 Å². The first-order chi connectivity index (χ1) is 12.9. The number of para-hydroxylation sites is 2. The maximum Gasteiger partial charge on any atom is 0.191 e. The van der Waals surface area contributed by atoms with Crippen LogP contribution in [0.15, 0.2) is 60.0 Å². The molecule has 0 radical (unpaired) electrons. The maximum absolute atomic E-state index is 4.66. The molecule has 0 unspecified atom stereocenters. The monoisotopic (exact) mass is 478 g/mol. The normalized spacial score (nSPS) is 11.2. The zero-order chi connectivity index (χ0) is 18.0. The number of imidazole rings is 1. The predicted molar refractivity (Wildman–Crippen MR) is 122 cm³/mol. The van der Waals surface area contributed by atoms with Crippen molar-refractivity contribution in [3.8, 4) is 0 Å². The van der Waals surface area contributed by atoms with E-state index < -0.39 is 0 Å². The summed E-state index contributed by atoms with van der Waals surface area (Å²) in [7, 11) is 0. The predicted octanol–water partition coefficient (Wildman–Crippen LogP) is 3.24. The third kappa shape index (κ3) is 6.50. The van der Waals surface area contributed by atoms with E-state index in [4.69, 9.17) is 0 Å². The van der Waals surface area contributed by atoms with Gasteiger partial charge in [-0.1, -0.05) is 18.2 Å². The van der Waals surface area contributed by atoms with Crippen LogP contribution in [-0.4, -0.2) is 40.1 Å². The van der Waals surface area contributed by atoms with Gasteiger partial charge in [0, 0.05) is 44.5 Å². The lowest BCUT2D eigenvalue weighted by molar-refractivity contribution is 0.661. The molecule has 0 fully saturated rings. The smallest absolute Gasteiger partial charge is 0.191 e. The van der Waals surface area contributed by atoms with Crippen LogP contribution in [0.25, 0.3) is 11.0 Å². The third-order valence-electron chi connectivity index (χ3n) is 4.10. The van der Waals surface area contributed by atoms with Crippen molar-refractivity contribution in [1.82, 2.24) is 25.2 Å². The van der Waals surface area contributed by atoms with Crippen LogP contribution in [0.1, 0.15) is 19.0 Å². The van der Waals surface area contributed by atoms with Crippen LogP contribution in [-0.2, 0) is 13.0 Å². The number of aromatic nitrogens is 3. The van der Waals surface area contributed by atoms with Gasteiger partial charge < -0.3 is 15.2 Å². The molecule has 0 saturated carbocycles. The first-order valence-corrected chi connectivity index (χ1v) is 9.19. The SMILES string of the molecule is CCNC(=NCCCn1cnc2ccccc21)NCCc1ccccn1.I. The zero-order valence-corrected chi connectivity index (χ0v) is 18.0. The Morgan fingerprint density at radius 2 is 1.93 bits per heavy atom. The van der Waals surface area contributed by atoms with E-state index in [0.29, 0.717) is 0 Å². The van der Waals surface area contributed by atoms with Crippen molar-refractivity contribution in [2.45, 2.75) is 26.3 Å². The summed E-state index contributed by atoms with van der Waals surface area (Å²) < 4.78 is 2.19. The molecule has 6 nitrogen and oxygen atoms in total. The second-order valence-corrected chi connectivity index (χ2v) is 6.04. The number of hydrogen-bond donors (Lipinski definition) is 2. The van der Waals surface area contributed by atoms with Gasteiger partial charge >= 0.3 is 0 Å². The highest BCUT2D eigenvalue weighted by molar-refractivity contribution is 14.0. The van der Waals surface area contributed by atoms with Crippen LogP contribution in [0.4, 0.5) is 0 Å². The molecule has 27 heavy (non-hydrogen) atoms. The second-order valence-electron chi connectivity index (χ2n) is 6.04. The Kier molecular flexibility index (Phi) is 9.03. The average molecular weight is 478 g/mol. The molecule has 144 valence electrons. The summed E-state index contributed by atoms with van der Waals surface area (Å²) in [5.74, 6) is 0.860. The van der Waals surface area contributed by atoms with Crippen LogP contribution >= 0.6 is 24.0 Å². The van der Waals surface area contributed by atoms with Gasteiger partial charge in [-0.25, -0.2) is 4.98 Å². The number of fused-ring (bicyclic) bond motifs is 1. The van der Waals surface area contributed by atoms with Crippen molar-refractivity contribution in [2.75, 3.05) is 19.6 Å². The maximum atomic E-state index is 4.66. The topological polar surface area (TPSA) is 67.1 Å². The third-order valence-corrected chi connectivity index (χ3v) is 4.10. The van der Waals surface area contributed by atoms with Gasteiger partial charge in [-0.05, 0) is 37.6 Å². The summed E-state index contributed by atoms with van der Waals surface area (Å²) in [5.41, 5.74) is 3.31. The Hall–Kier alpha value is -2.16. The molecule has 3 aromatic rings. The summed E-state index contributed by atoms with van der Waals surface area (Å²) in [5, 5.41) is 6.66. The molecule has 0 amide bonds. The number of aryl methyl sites for hydroxylation is 1. The zero-order valence-electron chi connectivity index (χ0n) is 15.6. The minimum absolute atomic E-state index is 0. The lowest BCUT2D eigenvalue weighted by Gasteiger charge is -2.11. The summed E-state index contributed by atoms with van der Waals surface area (Å²) in [6, 6.07) is 14.2. The molecule has 2 aromatic heterocycles. The molecule has 0 atom stereocenters. The van der Waals surface area contributed by atoms with Crippen LogP contribution in [0.3, 0.4) is 0 Å². The summed E-state index contributed by atoms with van der Waals surface area (Å²) in [4.78, 5) is 13.4. The van der Waals surface area contributed by atoms with E-state index in [1.807, 2.05) is 48.9 Å². The van der Waals surface area contributed by atoms with Gasteiger partial charge in [-0.15, -0.1) is 24.0 Å². The van der Waals surface area contributed by atoms with Gasteiger partial charge in [0.15, 0.2) is 5.96 Å². The standard InChI is InChI=1S/C20H26N6.HI/c1-2-21-20(24-14-11-17-8-5-6-12-22-17)23-13-7-15-26-16-25-18-9-3-4-10-19(18)26;/h3-6,8-10,12,16H,2,7,11,13-15H2,1H3,(H2,21,23,24);1H. The Balaban J connectivity index is 0.00000261. The van der Waals surface area contributed by atoms with Crippen molar-refractivity contribution < 1.29 is 0 Å². The molecule has 1 aromatic carbocycles. The molecular formula is C20H27IN6. The minimum Gasteiger partial charge on any atom is -0.357 e. The Bertz CT molecular complexity index is 831. The first-order valence-electron chi connectivity index (χ1n) is 9.19. The molecule has 7 heteroatoms. The van der Waals surface area contributed by atoms with Gasteiger partial charge in [0.05, 0.1) is 17.4 Å². The van der Waals surface area contributed by atoms with Crippen molar-refractivity contribution in [1.29, 1.82) is 0 Å². The molecule has 0 aliphatic rings. The quantitative estimate of drug-likeness (QED) is 0.226. The van der Waals surface area contributed by atoms with E-state index in [-0.39, 0.29) is 24.0 Å². The largest absolute Gasteiger partial charge is 0.357 e. The van der Waals surface area contributed by atoms with Crippen LogP contribution in [0, 0.1) is 0 Å². The van der Waals surface area contributed by atoms with Gasteiger partial charge in [-0.2, -0.15) is 0 Å². The van der Waals surface area contributed by atoms with Crippen LogP contribution in [0.5, 0.6) is 0 Å². The first kappa shape index (κ1) is 21.1. The molecule has 3 rings (SSSR count). The number of rotatable bonds is 8. The number of guanidine groups is 1. The van der Waals surface area contributed by atoms with Crippen LogP contribution in [0.2, 0.25) is 0 Å². The second kappa shape index (κ2) is 11.5. The van der Waals surface area contributed by atoms with E-state index in [2.05, 4.69) is 43.2 Å². The number of halogens is 1. The molecule has 0 bridgehead atoms. The van der Waals surface area contributed by atoms with Gasteiger partial charge in [0.1, 0.15) is 0 Å². The molecule has 0 aliphatic heterocycles. The van der Waals surface area contributed by atoms with Gasteiger partial charge in [-0.3, -0.25) is 9.98 Å². The average Bonchev–Trinajstić information content (AvgIpc) is 3.09. The lowest BCUT2D eigenvalue weighted by atomic mass is 10.3. The highest BCUT2D eigenvalue weighted by atomic mass is 127. The van der Waals surface area contributed by atoms with Crippen molar-refractivity contribution in [3.63, 3.8) is 0 Å². The van der Waals surface area contributed by atoms with Crippen LogP contribution < -0.4 is 10.6 Å². The number of hydrogen-bond acceptors (Lipinski definition) is 3. The highest BCUT2D eigenvalue weighted by Gasteiger charge is 2.01. The Labute approximate surface area is 177 Å². The lowest BCUT2D eigenvalue weighted by Crippen LogP contribution is -2.38. The number of nitrogens with one attached hydrogen (secondary N) is 2. The van der Waals surface area contributed by atoms with Gasteiger partial charge in [0.2, 0.25) is 0 Å². The Morgan fingerprint density at radius 1 is 1.07 bits per heavy atom. The summed E-state index contributed by atoms with van der Waals surface area (Å²) in [6.45, 7) is 5.42. The van der Waals surface area contributed by atoms with E-state index >= 15 is 0 Å². The fraction of sp³-hybridized carbons (Fsp3) is 0.350. The summed E-state index contributed by atoms with van der Waals surface area (Å²) in [6.07, 6.45) is 5.59. The molecular weight excluding hydrogens is 451 g/mol. The number of pyridine rings is 1. The fourth-order valence-corrected chi connectivity index (χ4v) is 2.82. The Morgan fingerprint density at radius 3 is 2.74 bits per heavy atom. The van der Waals surface area contributed by atoms with Crippen molar-refractivity contribution in [2.24, 2.45) is 4.99 Å². The fourth-order valence-electron chi connectivity index (χ4n) is 2.82. The number of benzene rings is 1. The van der Waals surface area contributed by atoms with E-state index in [1.165, 1.54) is 5.52 Å². The van der Waals surface area contributed by atoms with Crippen molar-refractivity contribution >= 4 is 41.0 Å². The molecule has 2 N–H and O–H groups in total. The van der Waals surface area contributed by atoms with Crippen molar-refractivity contribution in [3.05, 3.63) is 60.7 Å². The van der Waals surface area contributed by atoms with Gasteiger partial charge in [0.25, 0.3) is 0 Å². The highest BCUT2D eigenvalue weighted by Crippen LogP contribution is 2.11. The van der Waals surface area contributed by atoms with E-state index in [9.17, 15) is 0 Å². The molecule has 0 spiro atoms. The molecule has 2 heterocycles. The van der Waals surface area contributed by atoms with E-state index in [0.717, 1.165) is 56.2 Å². The summed E-state index contributed by atoms with van der Waals surface area (Å²) >= 11 is 0.